The van der Waals surface area contributed by atoms with Crippen LogP contribution in [0.2, 0.25) is 0 Å². The van der Waals surface area contributed by atoms with E-state index in [0.29, 0.717) is 18.1 Å². The molecule has 2 bridgehead atoms. The highest BCUT2D eigenvalue weighted by Crippen LogP contribution is 2.44. The molecule has 3 unspecified atom stereocenters. The molecule has 3 heterocycles. The Balaban J connectivity index is 1.46. The monoisotopic (exact) mass is 529 g/mol. The summed E-state index contributed by atoms with van der Waals surface area (Å²) in [6.45, 7) is 7.28. The summed E-state index contributed by atoms with van der Waals surface area (Å²) in [5.74, 6) is 2.30. The fraction of sp³-hybridized carbons (Fsp3) is 0.724. The lowest BCUT2D eigenvalue weighted by molar-refractivity contribution is -0.0347. The molecule has 204 valence electrons. The van der Waals surface area contributed by atoms with E-state index in [1.165, 1.54) is 44.9 Å². The van der Waals surface area contributed by atoms with Gasteiger partial charge >= 0.3 is 7.60 Å². The van der Waals surface area contributed by atoms with E-state index in [9.17, 15) is 19.1 Å². The Morgan fingerprint density at radius 1 is 0.865 bits per heavy atom. The molecular formula is C29H44N3O4P. The second-order valence-corrected chi connectivity index (χ2v) is 14.4. The third-order valence-electron chi connectivity index (χ3n) is 9.25. The second-order valence-electron chi connectivity index (χ2n) is 12.6. The molecule has 8 heteroatoms. The number of aromatic nitrogens is 2. The highest BCUT2D eigenvalue weighted by atomic mass is 31.2. The summed E-state index contributed by atoms with van der Waals surface area (Å²) in [5.41, 5.74) is 1.66. The van der Waals surface area contributed by atoms with Gasteiger partial charge in [0.2, 0.25) is 0 Å². The number of hydrogen-bond donors (Lipinski definition) is 2. The molecule has 2 N–H and O–H groups in total. The lowest BCUT2D eigenvalue weighted by atomic mass is 9.75. The summed E-state index contributed by atoms with van der Waals surface area (Å²) in [7, 11) is -4.21. The summed E-state index contributed by atoms with van der Waals surface area (Å²) in [6.07, 6.45) is 10.4. The van der Waals surface area contributed by atoms with Crippen molar-refractivity contribution < 1.29 is 14.4 Å². The fourth-order valence-corrected chi connectivity index (χ4v) is 8.61. The van der Waals surface area contributed by atoms with E-state index in [1.807, 2.05) is 28.8 Å². The second kappa shape index (κ2) is 10.9. The lowest BCUT2D eigenvalue weighted by Gasteiger charge is -2.54. The van der Waals surface area contributed by atoms with Crippen LogP contribution in [0.5, 0.6) is 0 Å². The zero-order valence-electron chi connectivity index (χ0n) is 22.6. The molecule has 7 nitrogen and oxygen atoms in total. The van der Waals surface area contributed by atoms with Crippen LogP contribution >= 0.6 is 7.60 Å². The molecule has 3 fully saturated rings. The normalized spacial score (nSPS) is 33.7. The van der Waals surface area contributed by atoms with Crippen molar-refractivity contribution in [2.24, 2.45) is 17.8 Å². The first-order valence-corrected chi connectivity index (χ1v) is 16.2. The Hall–Kier alpha value is -1.53. The third-order valence-corrected chi connectivity index (χ3v) is 10.1. The number of fused-ring (bicyclic) bond motifs is 3. The Labute approximate surface area is 220 Å². The van der Waals surface area contributed by atoms with Crippen LogP contribution in [0.4, 0.5) is 0 Å². The Kier molecular flexibility index (Phi) is 7.98. The standard InChI is InChI=1S/C29H44N3O4P/c1-19-13-20(2)15-24(16-21(3)14-19)31-22-7-6-8-23(31)18-25(17-22)32-28-10-5-4-9-26(28)30-27(29(32)33)11-12-37(34,35)36/h4-5,9-10,19-25H,6-8,11-18H2,1-3H3,(H2,34,35,36)/t19?,20-,21+,22-,23+,24?,25?. The molecule has 0 amide bonds. The van der Waals surface area contributed by atoms with Crippen molar-refractivity contribution in [2.45, 2.75) is 109 Å². The summed E-state index contributed by atoms with van der Waals surface area (Å²) in [5, 5.41) is 0. The number of piperidine rings is 2. The van der Waals surface area contributed by atoms with Crippen LogP contribution in [-0.2, 0) is 11.0 Å². The molecule has 2 saturated heterocycles. The number of hydrogen-bond acceptors (Lipinski definition) is 4. The van der Waals surface area contributed by atoms with Gasteiger partial charge in [0, 0.05) is 30.6 Å². The van der Waals surface area contributed by atoms with Crippen molar-refractivity contribution in [3.8, 4) is 0 Å². The van der Waals surface area contributed by atoms with Crippen LogP contribution in [0.3, 0.4) is 0 Å². The average molecular weight is 530 g/mol. The number of nitrogens with zero attached hydrogens (tertiary/aromatic N) is 3. The van der Waals surface area contributed by atoms with Gasteiger partial charge in [-0.2, -0.15) is 0 Å². The van der Waals surface area contributed by atoms with E-state index in [0.717, 1.165) is 41.6 Å². The molecule has 1 saturated carbocycles. The van der Waals surface area contributed by atoms with Crippen LogP contribution in [0, 0.1) is 17.8 Å². The molecule has 37 heavy (non-hydrogen) atoms. The van der Waals surface area contributed by atoms with Crippen LogP contribution in [0.15, 0.2) is 29.1 Å². The van der Waals surface area contributed by atoms with Gasteiger partial charge in [-0.25, -0.2) is 4.98 Å². The van der Waals surface area contributed by atoms with Crippen molar-refractivity contribution in [1.29, 1.82) is 0 Å². The number of para-hydroxylation sites is 2. The van der Waals surface area contributed by atoms with Crippen molar-refractivity contribution in [2.75, 3.05) is 6.16 Å². The van der Waals surface area contributed by atoms with Gasteiger partial charge in [0.05, 0.1) is 17.2 Å². The molecular weight excluding hydrogens is 485 g/mol. The first-order valence-electron chi connectivity index (χ1n) is 14.4. The maximum absolute atomic E-state index is 13.7. The van der Waals surface area contributed by atoms with Crippen molar-refractivity contribution in [3.63, 3.8) is 0 Å². The third kappa shape index (κ3) is 6.06. The summed E-state index contributed by atoms with van der Waals surface area (Å²) >= 11 is 0. The van der Waals surface area contributed by atoms with Gasteiger partial charge in [-0.05, 0) is 81.3 Å². The highest BCUT2D eigenvalue weighted by molar-refractivity contribution is 7.51. The summed E-state index contributed by atoms with van der Waals surface area (Å²) in [4.78, 5) is 40.0. The maximum atomic E-state index is 13.7. The van der Waals surface area contributed by atoms with E-state index < -0.39 is 7.60 Å². The number of rotatable bonds is 5. The van der Waals surface area contributed by atoms with E-state index in [-0.39, 0.29) is 29.9 Å². The summed E-state index contributed by atoms with van der Waals surface area (Å²) < 4.78 is 13.5. The molecule has 1 aromatic heterocycles. The van der Waals surface area contributed by atoms with Gasteiger partial charge in [-0.1, -0.05) is 39.3 Å². The van der Waals surface area contributed by atoms with E-state index >= 15 is 0 Å². The minimum Gasteiger partial charge on any atom is -0.324 e. The molecule has 1 aromatic carbocycles. The van der Waals surface area contributed by atoms with Crippen LogP contribution in [0.25, 0.3) is 11.0 Å². The number of benzene rings is 1. The van der Waals surface area contributed by atoms with Gasteiger partial charge in [0.25, 0.3) is 5.56 Å². The fourth-order valence-electron chi connectivity index (χ4n) is 8.11. The van der Waals surface area contributed by atoms with Crippen molar-refractivity contribution in [3.05, 3.63) is 40.3 Å². The highest BCUT2D eigenvalue weighted by Gasteiger charge is 2.43. The number of aryl methyl sites for hydroxylation is 1. The molecule has 1 aliphatic carbocycles. The molecule has 0 spiro atoms. The average Bonchev–Trinajstić information content (AvgIpc) is 2.80. The van der Waals surface area contributed by atoms with Crippen molar-refractivity contribution in [1.82, 2.24) is 14.5 Å². The largest absolute Gasteiger partial charge is 0.325 e. The van der Waals surface area contributed by atoms with Gasteiger partial charge in [0.1, 0.15) is 5.69 Å². The summed E-state index contributed by atoms with van der Waals surface area (Å²) in [6, 6.07) is 9.41. The quantitative estimate of drug-likeness (QED) is 0.495. The molecule has 7 atom stereocenters. The Bertz CT molecular complexity index is 1180. The minimum atomic E-state index is -4.21. The van der Waals surface area contributed by atoms with E-state index in [4.69, 9.17) is 0 Å². The van der Waals surface area contributed by atoms with Crippen LogP contribution in [-0.4, -0.2) is 48.5 Å². The smallest absolute Gasteiger partial charge is 0.324 e. The molecule has 3 aliphatic rings. The zero-order chi connectivity index (χ0) is 26.3. The van der Waals surface area contributed by atoms with Crippen molar-refractivity contribution >= 4 is 18.6 Å². The predicted molar refractivity (Wildman–Crippen MR) is 148 cm³/mol. The first-order chi connectivity index (χ1) is 17.6. The van der Waals surface area contributed by atoms with Crippen LogP contribution < -0.4 is 5.56 Å². The lowest BCUT2D eigenvalue weighted by Crippen LogP contribution is -2.58. The van der Waals surface area contributed by atoms with Crippen LogP contribution in [0.1, 0.15) is 90.3 Å². The minimum absolute atomic E-state index is 0.00405. The van der Waals surface area contributed by atoms with E-state index in [2.05, 4.69) is 30.7 Å². The Morgan fingerprint density at radius 3 is 2.08 bits per heavy atom. The molecule has 5 rings (SSSR count). The first kappa shape index (κ1) is 27.1. The zero-order valence-corrected chi connectivity index (χ0v) is 23.5. The predicted octanol–water partition coefficient (Wildman–Crippen LogP) is 5.53. The van der Waals surface area contributed by atoms with Gasteiger partial charge < -0.3 is 14.4 Å². The van der Waals surface area contributed by atoms with Gasteiger partial charge in [-0.3, -0.25) is 14.3 Å². The topological polar surface area (TPSA) is 95.7 Å². The Morgan fingerprint density at radius 2 is 1.46 bits per heavy atom. The molecule has 2 aliphatic heterocycles. The van der Waals surface area contributed by atoms with E-state index in [1.54, 1.807) is 0 Å². The molecule has 0 radical (unpaired) electrons. The SMILES string of the molecule is CC1C[C@@H](C)CC(N2[C@@H]3CCC[C@H]2CC(n2c(=O)c(CCP(=O)(O)O)nc4ccccc42)C3)C[C@@H](C)C1. The molecule has 2 aromatic rings. The van der Waals surface area contributed by atoms with Gasteiger partial charge in [0.15, 0.2) is 0 Å². The maximum Gasteiger partial charge on any atom is 0.325 e. The van der Waals surface area contributed by atoms with Gasteiger partial charge in [-0.15, -0.1) is 0 Å².